The molecule has 1 fully saturated rings. The first kappa shape index (κ1) is 19.1. The monoisotopic (exact) mass is 395 g/mol. The summed E-state index contributed by atoms with van der Waals surface area (Å²) < 4.78 is 48.9. The number of rotatable bonds is 3. The molecule has 1 aromatic heterocycles. The number of alkyl halides is 2. The zero-order chi connectivity index (χ0) is 20.1. The zero-order valence-corrected chi connectivity index (χ0v) is 15.2. The number of hydrogen-bond donors (Lipinski definition) is 1. The van der Waals surface area contributed by atoms with E-state index in [1.54, 1.807) is 13.0 Å². The Morgan fingerprint density at radius 3 is 2.86 bits per heavy atom. The topological polar surface area (TPSA) is 67.6 Å². The minimum absolute atomic E-state index is 0.0389. The van der Waals surface area contributed by atoms with Gasteiger partial charge < -0.3 is 9.84 Å². The number of aromatic nitrogens is 2. The number of halogens is 3. The molecule has 0 aliphatic carbocycles. The van der Waals surface area contributed by atoms with Crippen molar-refractivity contribution in [2.75, 3.05) is 13.1 Å². The van der Waals surface area contributed by atoms with Crippen LogP contribution in [0.5, 0.6) is 0 Å². The molecule has 0 bridgehead atoms. The van der Waals surface area contributed by atoms with Gasteiger partial charge in [-0.3, -0.25) is 9.47 Å². The molecule has 3 heterocycles. The number of ether oxygens (including phenoxy) is 1. The summed E-state index contributed by atoms with van der Waals surface area (Å²) in [6, 6.07) is 5.99. The smallest absolute Gasteiger partial charge is 0.350 e. The Kier molecular flexibility index (Phi) is 4.76. The summed E-state index contributed by atoms with van der Waals surface area (Å²) in [5.41, 5.74) is 1.35. The quantitative estimate of drug-likeness (QED) is 0.856. The summed E-state index contributed by atoms with van der Waals surface area (Å²) in [6.45, 7) is 2.57. The second-order valence-electron chi connectivity index (χ2n) is 7.30. The highest BCUT2D eigenvalue weighted by Crippen LogP contribution is 2.42. The summed E-state index contributed by atoms with van der Waals surface area (Å²) in [5.74, 6) is -4.00. The Labute approximate surface area is 159 Å². The fraction of sp³-hybridized carbons (Fsp3) is 0.474. The van der Waals surface area contributed by atoms with Crippen LogP contribution in [0, 0.1) is 12.7 Å². The van der Waals surface area contributed by atoms with E-state index in [0.29, 0.717) is 29.8 Å². The van der Waals surface area contributed by atoms with E-state index in [1.807, 2.05) is 4.90 Å². The number of benzene rings is 1. The van der Waals surface area contributed by atoms with Crippen LogP contribution in [-0.4, -0.2) is 50.8 Å². The summed E-state index contributed by atoms with van der Waals surface area (Å²) >= 11 is 0. The molecule has 1 N–H and O–H groups in total. The maximum absolute atomic E-state index is 14.6. The molecule has 2 aromatic rings. The third-order valence-corrected chi connectivity index (χ3v) is 5.30. The molecular formula is C19H20F3N3O3. The zero-order valence-electron chi connectivity index (χ0n) is 15.2. The normalized spacial score (nSPS) is 27.0. The van der Waals surface area contributed by atoms with Gasteiger partial charge in [-0.25, -0.2) is 9.18 Å². The van der Waals surface area contributed by atoms with Crippen molar-refractivity contribution in [3.63, 3.8) is 0 Å². The lowest BCUT2D eigenvalue weighted by Gasteiger charge is -2.31. The summed E-state index contributed by atoms with van der Waals surface area (Å²) in [7, 11) is 0. The van der Waals surface area contributed by atoms with Crippen molar-refractivity contribution in [3.05, 3.63) is 63.6 Å². The number of aliphatic hydroxyl groups excluding tert-OH is 1. The van der Waals surface area contributed by atoms with Gasteiger partial charge in [-0.05, 0) is 42.7 Å². The van der Waals surface area contributed by atoms with Crippen LogP contribution >= 0.6 is 0 Å². The van der Waals surface area contributed by atoms with E-state index in [0.717, 1.165) is 11.1 Å². The van der Waals surface area contributed by atoms with Gasteiger partial charge in [0, 0.05) is 31.5 Å². The van der Waals surface area contributed by atoms with Crippen LogP contribution in [0.2, 0.25) is 0 Å². The maximum atomic E-state index is 14.6. The SMILES string of the molecule is Cc1ccn([C@@H]2O[C@H](CN3CCc4ccc(F)cc4C3)[C@@H](O)C2(F)F)c(=O)n1. The lowest BCUT2D eigenvalue weighted by atomic mass is 9.99. The van der Waals surface area contributed by atoms with Gasteiger partial charge >= 0.3 is 11.6 Å². The van der Waals surface area contributed by atoms with Gasteiger partial charge in [0.15, 0.2) is 0 Å². The molecule has 0 saturated carbocycles. The molecule has 150 valence electrons. The van der Waals surface area contributed by atoms with Crippen molar-refractivity contribution in [2.24, 2.45) is 0 Å². The molecule has 6 nitrogen and oxygen atoms in total. The maximum Gasteiger partial charge on any atom is 0.350 e. The summed E-state index contributed by atoms with van der Waals surface area (Å²) in [6.07, 6.45) is -3.34. The predicted molar refractivity (Wildman–Crippen MR) is 93.5 cm³/mol. The van der Waals surface area contributed by atoms with Crippen molar-refractivity contribution in [3.8, 4) is 0 Å². The molecule has 9 heteroatoms. The molecule has 28 heavy (non-hydrogen) atoms. The molecule has 3 atom stereocenters. The fourth-order valence-corrected chi connectivity index (χ4v) is 3.79. The highest BCUT2D eigenvalue weighted by atomic mass is 19.3. The summed E-state index contributed by atoms with van der Waals surface area (Å²) in [4.78, 5) is 17.5. The summed E-state index contributed by atoms with van der Waals surface area (Å²) in [5, 5.41) is 10.2. The lowest BCUT2D eigenvalue weighted by Crippen LogP contribution is -2.44. The van der Waals surface area contributed by atoms with Gasteiger partial charge in [0.05, 0.1) is 0 Å². The van der Waals surface area contributed by atoms with Crippen molar-refractivity contribution in [2.45, 2.75) is 44.2 Å². The van der Waals surface area contributed by atoms with Crippen molar-refractivity contribution < 1.29 is 23.0 Å². The van der Waals surface area contributed by atoms with Crippen LogP contribution in [0.4, 0.5) is 13.2 Å². The number of nitrogens with zero attached hydrogens (tertiary/aromatic N) is 3. The molecule has 1 saturated heterocycles. The van der Waals surface area contributed by atoms with E-state index in [9.17, 15) is 23.1 Å². The Balaban J connectivity index is 1.52. The van der Waals surface area contributed by atoms with E-state index < -0.39 is 30.0 Å². The Bertz CT molecular complexity index is 950. The molecule has 0 radical (unpaired) electrons. The Morgan fingerprint density at radius 2 is 2.11 bits per heavy atom. The number of hydrogen-bond acceptors (Lipinski definition) is 5. The highest BCUT2D eigenvalue weighted by Gasteiger charge is 2.59. The first-order chi connectivity index (χ1) is 13.3. The molecule has 0 amide bonds. The third kappa shape index (κ3) is 3.34. The van der Waals surface area contributed by atoms with Crippen LogP contribution < -0.4 is 5.69 Å². The van der Waals surface area contributed by atoms with Gasteiger partial charge in [-0.2, -0.15) is 13.8 Å². The van der Waals surface area contributed by atoms with Crippen LogP contribution in [0.3, 0.4) is 0 Å². The largest absolute Gasteiger partial charge is 0.384 e. The van der Waals surface area contributed by atoms with E-state index >= 15 is 0 Å². The molecule has 4 rings (SSSR count). The molecule has 0 unspecified atom stereocenters. The van der Waals surface area contributed by atoms with Crippen LogP contribution in [0.1, 0.15) is 23.0 Å². The number of aryl methyl sites for hydroxylation is 1. The predicted octanol–water partition coefficient (Wildman–Crippen LogP) is 1.64. The molecule has 0 spiro atoms. The van der Waals surface area contributed by atoms with Crippen LogP contribution in [0.15, 0.2) is 35.3 Å². The lowest BCUT2D eigenvalue weighted by molar-refractivity contribution is -0.140. The van der Waals surface area contributed by atoms with Crippen molar-refractivity contribution in [1.82, 2.24) is 14.5 Å². The molecule has 2 aliphatic heterocycles. The standard InChI is InChI=1S/C19H20F3N3O3/c1-11-4-7-25(18(27)23-11)17-19(21,22)16(26)15(28-17)10-24-6-5-12-2-3-14(20)8-13(12)9-24/h2-4,7-8,15-17,26H,5-6,9-10H2,1H3/t15-,16-,17-/m1/s1. The Morgan fingerprint density at radius 1 is 1.32 bits per heavy atom. The minimum atomic E-state index is -3.65. The van der Waals surface area contributed by atoms with Crippen molar-refractivity contribution in [1.29, 1.82) is 0 Å². The van der Waals surface area contributed by atoms with E-state index in [-0.39, 0.29) is 12.4 Å². The highest BCUT2D eigenvalue weighted by molar-refractivity contribution is 5.30. The van der Waals surface area contributed by atoms with E-state index in [4.69, 9.17) is 4.74 Å². The molecular weight excluding hydrogens is 375 g/mol. The average molecular weight is 395 g/mol. The van der Waals surface area contributed by atoms with Crippen molar-refractivity contribution >= 4 is 0 Å². The van der Waals surface area contributed by atoms with Gasteiger partial charge in [0.2, 0.25) is 6.23 Å². The van der Waals surface area contributed by atoms with E-state index in [2.05, 4.69) is 4.98 Å². The van der Waals surface area contributed by atoms with Crippen LogP contribution in [-0.2, 0) is 17.7 Å². The van der Waals surface area contributed by atoms with Crippen LogP contribution in [0.25, 0.3) is 0 Å². The number of aliphatic hydroxyl groups is 1. The third-order valence-electron chi connectivity index (χ3n) is 5.30. The fourth-order valence-electron chi connectivity index (χ4n) is 3.79. The second-order valence-corrected chi connectivity index (χ2v) is 7.30. The van der Waals surface area contributed by atoms with Gasteiger partial charge in [-0.1, -0.05) is 6.07 Å². The average Bonchev–Trinajstić information content (AvgIpc) is 2.85. The van der Waals surface area contributed by atoms with Gasteiger partial charge in [0.25, 0.3) is 0 Å². The number of fused-ring (bicyclic) bond motifs is 1. The Hall–Kier alpha value is -2.23. The van der Waals surface area contributed by atoms with E-state index in [1.165, 1.54) is 24.4 Å². The van der Waals surface area contributed by atoms with Gasteiger partial charge in [0.1, 0.15) is 18.0 Å². The second kappa shape index (κ2) is 6.98. The first-order valence-corrected chi connectivity index (χ1v) is 9.02. The molecule has 1 aromatic carbocycles. The minimum Gasteiger partial charge on any atom is -0.384 e. The molecule has 2 aliphatic rings. The first-order valence-electron chi connectivity index (χ1n) is 9.02. The van der Waals surface area contributed by atoms with Gasteiger partial charge in [-0.15, -0.1) is 0 Å².